The molecule has 1 aromatic heterocycles. The second-order valence-corrected chi connectivity index (χ2v) is 5.69. The second kappa shape index (κ2) is 4.67. The fraction of sp³-hybridized carbons (Fsp3) is 0.692. The van der Waals surface area contributed by atoms with Crippen LogP contribution in [0.5, 0.6) is 0 Å². The molecule has 0 spiro atoms. The summed E-state index contributed by atoms with van der Waals surface area (Å²) >= 11 is 1.69. The molecule has 0 bridgehead atoms. The summed E-state index contributed by atoms with van der Waals surface area (Å²) in [5.74, 6) is 0.857. The molecule has 0 saturated heterocycles. The van der Waals surface area contributed by atoms with Gasteiger partial charge in [-0.25, -0.2) is 0 Å². The predicted molar refractivity (Wildman–Crippen MR) is 65.1 cm³/mol. The lowest BCUT2D eigenvalue weighted by Crippen LogP contribution is -2.30. The van der Waals surface area contributed by atoms with E-state index in [9.17, 15) is 5.11 Å². The van der Waals surface area contributed by atoms with Gasteiger partial charge in [0.15, 0.2) is 0 Å². The topological polar surface area (TPSA) is 20.2 Å². The van der Waals surface area contributed by atoms with E-state index in [4.69, 9.17) is 0 Å². The molecule has 2 rings (SSSR count). The van der Waals surface area contributed by atoms with Crippen molar-refractivity contribution in [1.29, 1.82) is 0 Å². The Hall–Kier alpha value is -0.340. The van der Waals surface area contributed by atoms with E-state index in [2.05, 4.69) is 18.4 Å². The van der Waals surface area contributed by atoms with Gasteiger partial charge in [-0.2, -0.15) is 0 Å². The molecule has 84 valence electrons. The molecule has 1 saturated carbocycles. The summed E-state index contributed by atoms with van der Waals surface area (Å²) in [6.45, 7) is 2.25. The van der Waals surface area contributed by atoms with E-state index >= 15 is 0 Å². The Labute approximate surface area is 96.1 Å². The molecule has 1 fully saturated rings. The molecular weight excluding hydrogens is 204 g/mol. The van der Waals surface area contributed by atoms with Gasteiger partial charge in [0.25, 0.3) is 0 Å². The average molecular weight is 224 g/mol. The minimum absolute atomic E-state index is 0.502. The maximum absolute atomic E-state index is 10.5. The van der Waals surface area contributed by atoms with Crippen LogP contribution in [0, 0.1) is 5.92 Å². The molecular formula is C13H20OS. The maximum Gasteiger partial charge on any atom is 0.0988 e. The van der Waals surface area contributed by atoms with Crippen LogP contribution in [-0.4, -0.2) is 5.11 Å². The van der Waals surface area contributed by atoms with Crippen molar-refractivity contribution in [3.63, 3.8) is 0 Å². The number of hydrogen-bond acceptors (Lipinski definition) is 2. The zero-order chi connectivity index (χ0) is 10.7. The van der Waals surface area contributed by atoms with Crippen LogP contribution < -0.4 is 0 Å². The number of rotatable bonds is 3. The van der Waals surface area contributed by atoms with Crippen LogP contribution in [0.3, 0.4) is 0 Å². The number of thiophene rings is 1. The minimum Gasteiger partial charge on any atom is -0.384 e. The third kappa shape index (κ3) is 2.43. The lowest BCUT2D eigenvalue weighted by atomic mass is 9.76. The summed E-state index contributed by atoms with van der Waals surface area (Å²) in [4.78, 5) is 1.16. The van der Waals surface area contributed by atoms with Gasteiger partial charge < -0.3 is 5.11 Å². The van der Waals surface area contributed by atoms with E-state index in [1.165, 1.54) is 25.7 Å². The molecule has 0 amide bonds. The van der Waals surface area contributed by atoms with Gasteiger partial charge in [-0.15, -0.1) is 11.3 Å². The van der Waals surface area contributed by atoms with Crippen molar-refractivity contribution in [2.45, 2.75) is 51.0 Å². The van der Waals surface area contributed by atoms with Gasteiger partial charge in [0.1, 0.15) is 0 Å². The molecule has 1 heterocycles. The van der Waals surface area contributed by atoms with Crippen molar-refractivity contribution < 1.29 is 5.11 Å². The summed E-state index contributed by atoms with van der Waals surface area (Å²) in [7, 11) is 0. The molecule has 0 unspecified atom stereocenters. The van der Waals surface area contributed by atoms with Crippen molar-refractivity contribution in [2.24, 2.45) is 5.92 Å². The summed E-state index contributed by atoms with van der Waals surface area (Å²) in [6, 6.07) is 4.11. The lowest BCUT2D eigenvalue weighted by molar-refractivity contribution is -0.0120. The van der Waals surface area contributed by atoms with Gasteiger partial charge in [0, 0.05) is 4.88 Å². The second-order valence-electron chi connectivity index (χ2n) is 4.74. The zero-order valence-corrected chi connectivity index (χ0v) is 10.2. The van der Waals surface area contributed by atoms with Crippen molar-refractivity contribution in [3.05, 3.63) is 22.4 Å². The van der Waals surface area contributed by atoms with Crippen molar-refractivity contribution in [3.8, 4) is 0 Å². The molecule has 0 aliphatic heterocycles. The van der Waals surface area contributed by atoms with Crippen LogP contribution in [0.25, 0.3) is 0 Å². The first-order chi connectivity index (χ1) is 7.24. The Kier molecular flexibility index (Phi) is 3.47. The fourth-order valence-electron chi connectivity index (χ4n) is 2.64. The SMILES string of the molecule is CCCC1CCC(O)(c2cccs2)CC1. The zero-order valence-electron chi connectivity index (χ0n) is 9.41. The van der Waals surface area contributed by atoms with Gasteiger partial charge in [-0.05, 0) is 43.0 Å². The van der Waals surface area contributed by atoms with E-state index in [1.807, 2.05) is 6.07 Å². The first-order valence-corrected chi connectivity index (χ1v) is 6.89. The van der Waals surface area contributed by atoms with Crippen LogP contribution in [0.4, 0.5) is 0 Å². The molecule has 0 radical (unpaired) electrons. The monoisotopic (exact) mass is 224 g/mol. The molecule has 1 aliphatic rings. The van der Waals surface area contributed by atoms with Gasteiger partial charge in [0.05, 0.1) is 5.60 Å². The summed E-state index contributed by atoms with van der Waals surface area (Å²) in [6.07, 6.45) is 6.92. The Bertz CT molecular complexity index is 283. The van der Waals surface area contributed by atoms with Crippen molar-refractivity contribution >= 4 is 11.3 Å². The van der Waals surface area contributed by atoms with E-state index in [-0.39, 0.29) is 0 Å². The van der Waals surface area contributed by atoms with Gasteiger partial charge >= 0.3 is 0 Å². The fourth-order valence-corrected chi connectivity index (χ4v) is 3.53. The molecule has 1 nitrogen and oxygen atoms in total. The van der Waals surface area contributed by atoms with Crippen LogP contribution in [0.1, 0.15) is 50.3 Å². The van der Waals surface area contributed by atoms with Crippen LogP contribution in [-0.2, 0) is 5.60 Å². The predicted octanol–water partition coefficient (Wildman–Crippen LogP) is 3.93. The highest BCUT2D eigenvalue weighted by Gasteiger charge is 2.34. The number of aliphatic hydroxyl groups is 1. The first kappa shape index (κ1) is 11.2. The highest BCUT2D eigenvalue weighted by molar-refractivity contribution is 7.10. The average Bonchev–Trinajstić information content (AvgIpc) is 2.76. The van der Waals surface area contributed by atoms with Crippen LogP contribution in [0.2, 0.25) is 0 Å². The van der Waals surface area contributed by atoms with E-state index < -0.39 is 5.60 Å². The summed E-state index contributed by atoms with van der Waals surface area (Å²) < 4.78 is 0. The third-order valence-corrected chi connectivity index (χ3v) is 4.67. The Morgan fingerprint density at radius 3 is 2.73 bits per heavy atom. The molecule has 2 heteroatoms. The standard InChI is InChI=1S/C13H20OS/c1-2-4-11-6-8-13(14,9-7-11)12-5-3-10-15-12/h3,5,10-11,14H,2,4,6-9H2,1H3. The Balaban J connectivity index is 1.97. The molecule has 1 N–H and O–H groups in total. The normalized spacial score (nSPS) is 31.7. The minimum atomic E-state index is -0.502. The van der Waals surface area contributed by atoms with E-state index in [0.29, 0.717) is 0 Å². The van der Waals surface area contributed by atoms with Crippen molar-refractivity contribution in [1.82, 2.24) is 0 Å². The first-order valence-electron chi connectivity index (χ1n) is 6.01. The van der Waals surface area contributed by atoms with E-state index in [0.717, 1.165) is 23.6 Å². The van der Waals surface area contributed by atoms with E-state index in [1.54, 1.807) is 11.3 Å². The Morgan fingerprint density at radius 1 is 1.47 bits per heavy atom. The van der Waals surface area contributed by atoms with Gasteiger partial charge in [0.2, 0.25) is 0 Å². The molecule has 1 aromatic rings. The quantitative estimate of drug-likeness (QED) is 0.825. The highest BCUT2D eigenvalue weighted by atomic mass is 32.1. The maximum atomic E-state index is 10.5. The molecule has 0 aromatic carbocycles. The number of hydrogen-bond donors (Lipinski definition) is 1. The van der Waals surface area contributed by atoms with Crippen molar-refractivity contribution in [2.75, 3.05) is 0 Å². The van der Waals surface area contributed by atoms with Crippen LogP contribution in [0.15, 0.2) is 17.5 Å². The highest BCUT2D eigenvalue weighted by Crippen LogP contribution is 2.42. The lowest BCUT2D eigenvalue weighted by Gasteiger charge is -2.35. The van der Waals surface area contributed by atoms with Gasteiger partial charge in [-0.1, -0.05) is 25.8 Å². The summed E-state index contributed by atoms with van der Waals surface area (Å²) in [5.41, 5.74) is -0.502. The largest absolute Gasteiger partial charge is 0.384 e. The molecule has 1 aliphatic carbocycles. The summed E-state index contributed by atoms with van der Waals surface area (Å²) in [5, 5.41) is 12.6. The van der Waals surface area contributed by atoms with Crippen LogP contribution >= 0.6 is 11.3 Å². The smallest absolute Gasteiger partial charge is 0.0988 e. The van der Waals surface area contributed by atoms with Gasteiger partial charge in [-0.3, -0.25) is 0 Å². The third-order valence-electron chi connectivity index (χ3n) is 3.61. The molecule has 15 heavy (non-hydrogen) atoms. The molecule has 0 atom stereocenters. The Morgan fingerprint density at radius 2 is 2.20 bits per heavy atom.